The van der Waals surface area contributed by atoms with Crippen molar-refractivity contribution in [3.05, 3.63) is 135 Å². The molecule has 41 heteroatoms. The number of aromatic hydroxyl groups is 2. The quantitative estimate of drug-likeness (QED) is 0.0235. The molecule has 7 heterocycles. The number of hydrogen-bond donors (Lipinski definition) is 22. The Labute approximate surface area is 822 Å². The van der Waals surface area contributed by atoms with Gasteiger partial charge in [-0.15, -0.1) is 0 Å². The van der Waals surface area contributed by atoms with Gasteiger partial charge in [-0.25, -0.2) is 4.79 Å². The lowest BCUT2D eigenvalue weighted by Gasteiger charge is -2.54. The number of aryl methyl sites for hydroxylation is 2. The van der Waals surface area contributed by atoms with Gasteiger partial charge in [-0.3, -0.25) is 43.7 Å². The van der Waals surface area contributed by atoms with Gasteiger partial charge in [0, 0.05) is 48.8 Å². The van der Waals surface area contributed by atoms with Crippen molar-refractivity contribution in [2.45, 2.75) is 248 Å². The number of amides is 10. The van der Waals surface area contributed by atoms with E-state index < -0.39 is 204 Å². The highest BCUT2D eigenvalue weighted by molar-refractivity contribution is 6.32. The molecule has 141 heavy (non-hydrogen) atoms. The Balaban J connectivity index is 0.940. The van der Waals surface area contributed by atoms with E-state index in [1.807, 2.05) is 34.6 Å². The number of imide groups is 1. The van der Waals surface area contributed by atoms with Gasteiger partial charge in [-0.1, -0.05) is 64.4 Å². The van der Waals surface area contributed by atoms with Crippen LogP contribution in [0.3, 0.4) is 0 Å². The van der Waals surface area contributed by atoms with Gasteiger partial charge in [0.1, 0.15) is 103 Å². The summed E-state index contributed by atoms with van der Waals surface area (Å²) in [6.45, 7) is 18.8. The molecule has 6 aromatic rings. The summed E-state index contributed by atoms with van der Waals surface area (Å²) in [6.07, 6.45) is -12.0. The number of urea groups is 1. The normalized spacial score (nSPS) is 28.2. The number of fused-ring (bicyclic) bond motifs is 15. The van der Waals surface area contributed by atoms with Gasteiger partial charge in [-0.05, 0) is 253 Å². The van der Waals surface area contributed by atoms with Gasteiger partial charge in [0.2, 0.25) is 65.0 Å². The first-order chi connectivity index (χ1) is 67.4. The van der Waals surface area contributed by atoms with E-state index in [0.29, 0.717) is 57.5 Å². The third-order valence-corrected chi connectivity index (χ3v) is 27.5. The van der Waals surface area contributed by atoms with Crippen LogP contribution in [-0.2, 0) is 52.6 Å². The van der Waals surface area contributed by atoms with E-state index >= 15 is 33.6 Å². The van der Waals surface area contributed by atoms with E-state index in [1.54, 1.807) is 6.92 Å². The Bertz CT molecular complexity index is 5460. The molecule has 23 N–H and O–H groups in total. The number of halogens is 1. The second-order valence-corrected chi connectivity index (χ2v) is 39.0. The number of nitrogens with two attached hydrogens (primary N) is 1. The van der Waals surface area contributed by atoms with E-state index in [1.165, 1.54) is 107 Å². The maximum absolute atomic E-state index is 17.0. The van der Waals surface area contributed by atoms with Crippen LogP contribution in [0.2, 0.25) is 5.02 Å². The van der Waals surface area contributed by atoms with Crippen molar-refractivity contribution in [1.29, 1.82) is 0 Å². The number of ether oxygens (including phenoxy) is 9. The number of aliphatic hydroxyl groups excluding tert-OH is 6. The minimum Gasteiger partial charge on any atom is -0.508 e. The summed E-state index contributed by atoms with van der Waals surface area (Å²) in [6, 6.07) is 3.66. The first-order valence-corrected chi connectivity index (χ1v) is 48.9. The van der Waals surface area contributed by atoms with Crippen LogP contribution in [0.1, 0.15) is 188 Å². The summed E-state index contributed by atoms with van der Waals surface area (Å²) in [5.74, 6) is -11.1. The van der Waals surface area contributed by atoms with E-state index in [4.69, 9.17) is 60.0 Å². The highest BCUT2D eigenvalue weighted by Crippen LogP contribution is 2.55. The summed E-state index contributed by atoms with van der Waals surface area (Å²) in [5.41, 5.74) is 4.63. The molecular formula is C100H133ClN14O26. The summed E-state index contributed by atoms with van der Waals surface area (Å²) >= 11 is 7.39. The fourth-order valence-electron chi connectivity index (χ4n) is 20.3. The van der Waals surface area contributed by atoms with Crippen LogP contribution in [0.15, 0.2) is 91.0 Å². The molecule has 7 aliphatic heterocycles. The molecule has 40 nitrogen and oxygen atoms in total. The summed E-state index contributed by atoms with van der Waals surface area (Å²) in [7, 11) is 1.50. The second-order valence-electron chi connectivity index (χ2n) is 38.6. The van der Waals surface area contributed by atoms with Crippen LogP contribution in [0, 0.1) is 43.4 Å². The van der Waals surface area contributed by atoms with Crippen molar-refractivity contribution in [3.8, 4) is 68.6 Å². The Morgan fingerprint density at radius 1 is 0.631 bits per heavy atom. The number of carbonyl (C=O) groups is 9. The average molecular weight is 1980 g/mol. The monoisotopic (exact) mass is 1980 g/mol. The third kappa shape index (κ3) is 25.0. The van der Waals surface area contributed by atoms with Crippen LogP contribution in [0.4, 0.5) is 10.5 Å². The van der Waals surface area contributed by atoms with Crippen molar-refractivity contribution in [2.75, 3.05) is 78.1 Å². The minimum atomic E-state index is -2.39. The highest BCUT2D eigenvalue weighted by atomic mass is 35.5. The van der Waals surface area contributed by atoms with Gasteiger partial charge in [0.15, 0.2) is 35.4 Å². The van der Waals surface area contributed by atoms with Crippen LogP contribution in [0.5, 0.6) is 57.5 Å². The summed E-state index contributed by atoms with van der Waals surface area (Å²) in [5, 5.41) is 133. The average Bonchev–Trinajstić information content (AvgIpc) is 0.756. The van der Waals surface area contributed by atoms with Crippen LogP contribution >= 0.6 is 11.6 Å². The van der Waals surface area contributed by atoms with Gasteiger partial charge in [-0.2, -0.15) is 0 Å². The minimum absolute atomic E-state index is 0.0106. The maximum atomic E-state index is 17.0. The Kier molecular flexibility index (Phi) is 35.0. The number of aliphatic hydroxyl groups is 6. The van der Waals surface area contributed by atoms with Crippen molar-refractivity contribution in [1.82, 2.24) is 63.8 Å². The Morgan fingerprint density at radius 3 is 1.90 bits per heavy atom. The van der Waals surface area contributed by atoms with E-state index in [9.17, 15) is 50.4 Å². The van der Waals surface area contributed by atoms with Crippen LogP contribution in [-0.4, -0.2) is 252 Å². The van der Waals surface area contributed by atoms with Crippen molar-refractivity contribution < 1.29 is 127 Å². The molecule has 0 spiro atoms. The molecule has 0 radical (unpaired) electrons. The van der Waals surface area contributed by atoms with Gasteiger partial charge < -0.3 is 153 Å². The fourth-order valence-corrected chi connectivity index (χ4v) is 20.5. The molecule has 0 unspecified atom stereocenters. The number of likely N-dealkylation sites (N-methyl/N-ethyl adjacent to an activating group) is 1. The molecule has 15 bridgehead atoms. The second kappa shape index (κ2) is 46.8. The van der Waals surface area contributed by atoms with E-state index in [-0.39, 0.29) is 146 Å². The maximum Gasteiger partial charge on any atom is 0.325 e. The lowest BCUT2D eigenvalue weighted by molar-refractivity contribution is -0.333. The summed E-state index contributed by atoms with van der Waals surface area (Å²) in [4.78, 5) is 142. The lowest BCUT2D eigenvalue weighted by atomic mass is 9.54. The largest absolute Gasteiger partial charge is 0.508 e. The number of carbonyl (C=O) groups excluding carboxylic acids is 9. The number of benzene rings is 6. The van der Waals surface area contributed by atoms with Crippen molar-refractivity contribution in [2.24, 2.45) is 35.3 Å². The molecule has 2 saturated heterocycles. The number of hydrogen-bond acceptors (Lipinski definition) is 31. The SMILES string of the molecule is CCCNCCOc1cc(NC(=O)NC(=O)C[C@@H]2NC(=O)[C@H](NC(=O)[C@@H](CC(C)C)NC)[C@H](O)c3ccc(c(C)c3)Oc3cc4cc(c3O[C@@H]3O[C@H](CO)[C@@H](O)[C@H](O)[C@H]3O[C@H]3C[C@](C)(N)[C@H](O)[C@H](C)O3)Oc3ccc(cc3Cl)[C@@H](O)[C@@H]3NC(=O)[C@H](NC(=O)[C@@H]4NC2=O)c2ccc(O)c(c2)-c2c(C)cc(O)cc2[C@@H](C(=O)NC2C4CC5CC(C4)CC2C5)NC3=O)cc(OCCCNCC)c1OCCNCCC. The summed E-state index contributed by atoms with van der Waals surface area (Å²) < 4.78 is 58.8. The Morgan fingerprint density at radius 2 is 1.26 bits per heavy atom. The van der Waals surface area contributed by atoms with Gasteiger partial charge in [0.05, 0.1) is 48.6 Å². The molecule has 10 amide bonds. The lowest BCUT2D eigenvalue weighted by Crippen LogP contribution is -2.64. The van der Waals surface area contributed by atoms with Crippen LogP contribution in [0.25, 0.3) is 11.1 Å². The van der Waals surface area contributed by atoms with Gasteiger partial charge >= 0.3 is 6.03 Å². The molecule has 4 aliphatic carbocycles. The van der Waals surface area contributed by atoms with Crippen molar-refractivity contribution >= 4 is 70.6 Å². The number of nitrogens with one attached hydrogen (secondary N) is 13. The van der Waals surface area contributed by atoms with Crippen LogP contribution < -0.4 is 103 Å². The molecular weight excluding hydrogens is 1850 g/mol. The molecule has 6 fully saturated rings. The van der Waals surface area contributed by atoms with Gasteiger partial charge in [0.25, 0.3) is 0 Å². The zero-order chi connectivity index (χ0) is 101. The number of phenolic OH excluding ortho intramolecular Hbond substituents is 2. The number of rotatable bonds is 33. The molecule has 18 atom stereocenters. The van der Waals surface area contributed by atoms with Crippen molar-refractivity contribution in [3.63, 3.8) is 0 Å². The Hall–Kier alpha value is -11.3. The fraction of sp³-hybridized carbons (Fsp3) is 0.550. The molecule has 17 rings (SSSR count). The predicted octanol–water partition coefficient (Wildman–Crippen LogP) is 5.22. The number of phenols is 2. The third-order valence-electron chi connectivity index (χ3n) is 27.2. The zero-order valence-corrected chi connectivity index (χ0v) is 81.4. The predicted molar refractivity (Wildman–Crippen MR) is 514 cm³/mol. The molecule has 11 aliphatic rings. The first kappa shape index (κ1) is 105. The molecule has 6 aromatic carbocycles. The highest BCUT2D eigenvalue weighted by Gasteiger charge is 2.54. The zero-order valence-electron chi connectivity index (χ0n) is 80.7. The molecule has 0 aromatic heterocycles. The smallest absolute Gasteiger partial charge is 0.325 e. The topological polar surface area (TPSA) is 581 Å². The van der Waals surface area contributed by atoms with E-state index in [0.717, 1.165) is 57.1 Å². The number of anilines is 1. The molecule has 4 saturated carbocycles. The first-order valence-electron chi connectivity index (χ1n) is 48.6. The standard InChI is InChI=1S/C100H133ClN14O26/c1-11-21-105-24-27-134-70-42-59(41-69(133-26-14-23-104-13-3)87(70)135-28-25-106-22-12-2)107-99(132)109-74(119)44-65-92(126)111-79-58-39-71(137-67-19-16-54(30-48(67)6)83(120)81(96(130)108-65)114-91(125)64(103-10)29-47(4)5)88(141-98-89(86(123)85(122)73(46-116)139-98)140-75-45-100(9,102)90(124)50(8)136-75)72(40-58)138-68-20-17-55(38-63(68)101)84(121)82-97(131)113-80(95(129)110-77-56-33-51-32-52(35-56)36-57(77)34-51)62-43-60(117)31-49(7)76(62)61-37-53(15-18-66(61)118)78(93(127)115-82)112-94(79)128/h15-20,30-31,37-43,47,50-52,56-57,64-65,73,75,77-86,89-90,98,103-106,116-118,120-124H,11-14,21-29,32-36,44-46,102H2,1-10H3,(H,108,130)(H,110,129)(H,111,126)(H,112,128)(H,113,131)(H,114,125)(H,115,127)(H2,107,109,119,132)/t50-,51?,52?,56?,57?,64+,65-,73+,75-,77?,78+,79+,80-,81+,82-,83+,84+,85+,86-,89+,90+,98-,100-/m0/s1. The molecule has 766 valence electrons. The van der Waals surface area contributed by atoms with E-state index in [2.05, 4.69) is 69.1 Å².